The van der Waals surface area contributed by atoms with E-state index in [0.717, 1.165) is 50.1 Å². The summed E-state index contributed by atoms with van der Waals surface area (Å²) in [5, 5.41) is 12.1. The number of nitrogens with zero attached hydrogens (tertiary/aromatic N) is 1. The molecule has 252 valence electrons. The molecule has 1 heterocycles. The van der Waals surface area contributed by atoms with Crippen LogP contribution in [0.5, 0.6) is 0 Å². The number of hydrogen-bond donors (Lipinski definition) is 0. The van der Waals surface area contributed by atoms with E-state index < -0.39 is 0 Å². The van der Waals surface area contributed by atoms with Gasteiger partial charge in [0.1, 0.15) is 5.58 Å². The van der Waals surface area contributed by atoms with Gasteiger partial charge in [0, 0.05) is 27.7 Å². The molecule has 11 aromatic rings. The second kappa shape index (κ2) is 12.2. The Hall–Kier alpha value is -7.16. The summed E-state index contributed by atoms with van der Waals surface area (Å²) in [5.41, 5.74) is 9.51. The van der Waals surface area contributed by atoms with Gasteiger partial charge >= 0.3 is 0 Å². The second-order valence-electron chi connectivity index (χ2n) is 14.0. The lowest BCUT2D eigenvalue weighted by Crippen LogP contribution is -2.10. The molecule has 0 radical (unpaired) electrons. The summed E-state index contributed by atoms with van der Waals surface area (Å²) in [6, 6.07) is 72.0. The van der Waals surface area contributed by atoms with E-state index in [1.807, 2.05) is 0 Å². The van der Waals surface area contributed by atoms with Crippen LogP contribution in [0, 0.1) is 0 Å². The zero-order valence-corrected chi connectivity index (χ0v) is 29.4. The maximum absolute atomic E-state index is 7.22. The molecule has 0 unspecified atom stereocenters. The molecule has 0 atom stereocenters. The Balaban J connectivity index is 1.17. The molecule has 0 fully saturated rings. The largest absolute Gasteiger partial charge is 0.453 e. The van der Waals surface area contributed by atoms with Gasteiger partial charge in [-0.25, -0.2) is 0 Å². The van der Waals surface area contributed by atoms with Crippen molar-refractivity contribution in [1.82, 2.24) is 0 Å². The lowest BCUT2D eigenvalue weighted by molar-refractivity contribution is 0.670. The standard InChI is InChI=1S/C52H33NO/c1-3-14-34(15-4-1)35-26-29-39(30-27-35)53(38-17-5-2-6-18-38)49-25-13-24-46-48-32-36-16-7-8-19-40(36)50(52(48)54-51(46)49)37-28-31-45-43-22-10-9-20-41(43)42-21-11-12-23-44(42)47(45)33-37/h1-33H. The van der Waals surface area contributed by atoms with E-state index in [-0.39, 0.29) is 0 Å². The Labute approximate surface area is 312 Å². The highest BCUT2D eigenvalue weighted by Crippen LogP contribution is 2.47. The van der Waals surface area contributed by atoms with E-state index in [1.165, 1.54) is 54.2 Å². The predicted molar refractivity (Wildman–Crippen MR) is 229 cm³/mol. The minimum atomic E-state index is 0.859. The van der Waals surface area contributed by atoms with E-state index in [2.05, 4.69) is 205 Å². The Morgan fingerprint density at radius 1 is 0.296 bits per heavy atom. The summed E-state index contributed by atoms with van der Waals surface area (Å²) < 4.78 is 7.22. The van der Waals surface area contributed by atoms with Crippen molar-refractivity contribution in [2.24, 2.45) is 0 Å². The summed E-state index contributed by atoms with van der Waals surface area (Å²) in [7, 11) is 0. The first-order valence-electron chi connectivity index (χ1n) is 18.5. The molecule has 0 aliphatic carbocycles. The Kier molecular flexibility index (Phi) is 6.90. The van der Waals surface area contributed by atoms with Crippen molar-refractivity contribution in [2.75, 3.05) is 4.90 Å². The van der Waals surface area contributed by atoms with Gasteiger partial charge in [-0.2, -0.15) is 0 Å². The summed E-state index contributed by atoms with van der Waals surface area (Å²) >= 11 is 0. The van der Waals surface area contributed by atoms with Crippen molar-refractivity contribution in [3.05, 3.63) is 200 Å². The first kappa shape index (κ1) is 30.5. The minimum absolute atomic E-state index is 0.859. The fourth-order valence-electron chi connectivity index (χ4n) is 8.54. The number of hydrogen-bond acceptors (Lipinski definition) is 2. The van der Waals surface area contributed by atoms with Gasteiger partial charge in [-0.3, -0.25) is 0 Å². The molecule has 0 bridgehead atoms. The van der Waals surface area contributed by atoms with Gasteiger partial charge in [-0.1, -0.05) is 158 Å². The lowest BCUT2D eigenvalue weighted by Gasteiger charge is -2.25. The third kappa shape index (κ3) is 4.74. The molecule has 0 spiro atoms. The topological polar surface area (TPSA) is 16.4 Å². The van der Waals surface area contributed by atoms with Crippen LogP contribution in [0.2, 0.25) is 0 Å². The first-order chi connectivity index (χ1) is 26.8. The van der Waals surface area contributed by atoms with Crippen LogP contribution >= 0.6 is 0 Å². The SMILES string of the molecule is c1ccc(-c2ccc(N(c3ccccc3)c3cccc4c3oc3c(-c5ccc6c7ccccc7c7ccccc7c6c5)c5ccccc5cc34)cc2)cc1. The second-order valence-corrected chi connectivity index (χ2v) is 14.0. The highest BCUT2D eigenvalue weighted by molar-refractivity contribution is 6.27. The fraction of sp³-hybridized carbons (Fsp3) is 0. The highest BCUT2D eigenvalue weighted by atomic mass is 16.3. The zero-order chi connectivity index (χ0) is 35.6. The average molecular weight is 688 g/mol. The average Bonchev–Trinajstić information content (AvgIpc) is 3.62. The van der Waals surface area contributed by atoms with Crippen LogP contribution in [0.25, 0.3) is 87.3 Å². The zero-order valence-electron chi connectivity index (χ0n) is 29.4. The molecular weight excluding hydrogens is 655 g/mol. The molecular formula is C52H33NO. The maximum atomic E-state index is 7.22. The Morgan fingerprint density at radius 2 is 0.815 bits per heavy atom. The Morgan fingerprint density at radius 3 is 1.52 bits per heavy atom. The fourth-order valence-corrected chi connectivity index (χ4v) is 8.54. The van der Waals surface area contributed by atoms with Crippen LogP contribution in [0.4, 0.5) is 17.1 Å². The smallest absolute Gasteiger partial charge is 0.159 e. The Bertz CT molecular complexity index is 3160. The van der Waals surface area contributed by atoms with Crippen molar-refractivity contribution in [1.29, 1.82) is 0 Å². The number of anilines is 3. The highest BCUT2D eigenvalue weighted by Gasteiger charge is 2.22. The molecule has 11 rings (SSSR count). The van der Waals surface area contributed by atoms with Gasteiger partial charge < -0.3 is 9.32 Å². The number of para-hydroxylation sites is 2. The molecule has 0 amide bonds. The molecule has 2 heteroatoms. The minimum Gasteiger partial charge on any atom is -0.453 e. The van der Waals surface area contributed by atoms with Crippen LogP contribution in [0.1, 0.15) is 0 Å². The molecule has 0 saturated carbocycles. The summed E-state index contributed by atoms with van der Waals surface area (Å²) in [4.78, 5) is 2.31. The third-order valence-corrected chi connectivity index (χ3v) is 11.0. The predicted octanol–water partition coefficient (Wildman–Crippen LogP) is 15.0. The van der Waals surface area contributed by atoms with Crippen molar-refractivity contribution in [3.63, 3.8) is 0 Å². The molecule has 0 saturated heterocycles. The maximum Gasteiger partial charge on any atom is 0.159 e. The molecule has 0 N–H and O–H groups in total. The van der Waals surface area contributed by atoms with Crippen LogP contribution in [0.15, 0.2) is 205 Å². The quantitative estimate of drug-likeness (QED) is 0.168. The van der Waals surface area contributed by atoms with Gasteiger partial charge in [0.05, 0.1) is 5.69 Å². The molecule has 10 aromatic carbocycles. The summed E-state index contributed by atoms with van der Waals surface area (Å²) in [6.45, 7) is 0. The summed E-state index contributed by atoms with van der Waals surface area (Å²) in [5.74, 6) is 0. The van der Waals surface area contributed by atoms with Crippen LogP contribution in [-0.4, -0.2) is 0 Å². The molecule has 2 nitrogen and oxygen atoms in total. The van der Waals surface area contributed by atoms with Crippen molar-refractivity contribution in [3.8, 4) is 22.3 Å². The van der Waals surface area contributed by atoms with E-state index >= 15 is 0 Å². The third-order valence-electron chi connectivity index (χ3n) is 11.0. The number of rotatable bonds is 5. The summed E-state index contributed by atoms with van der Waals surface area (Å²) in [6.07, 6.45) is 0. The van der Waals surface area contributed by atoms with E-state index in [9.17, 15) is 0 Å². The van der Waals surface area contributed by atoms with Gasteiger partial charge in [0.2, 0.25) is 0 Å². The lowest BCUT2D eigenvalue weighted by atomic mass is 9.90. The molecule has 0 aliphatic heterocycles. The van der Waals surface area contributed by atoms with Crippen molar-refractivity contribution < 1.29 is 4.42 Å². The number of furan rings is 1. The van der Waals surface area contributed by atoms with E-state index in [0.29, 0.717) is 0 Å². The molecule has 1 aromatic heterocycles. The van der Waals surface area contributed by atoms with Crippen LogP contribution < -0.4 is 4.90 Å². The molecule has 54 heavy (non-hydrogen) atoms. The van der Waals surface area contributed by atoms with Crippen LogP contribution in [0.3, 0.4) is 0 Å². The first-order valence-corrected chi connectivity index (χ1v) is 18.5. The van der Waals surface area contributed by atoms with Crippen LogP contribution in [-0.2, 0) is 0 Å². The molecule has 0 aliphatic rings. The van der Waals surface area contributed by atoms with Gasteiger partial charge in [-0.15, -0.1) is 0 Å². The van der Waals surface area contributed by atoms with Gasteiger partial charge in [0.15, 0.2) is 5.58 Å². The van der Waals surface area contributed by atoms with Crippen molar-refractivity contribution in [2.45, 2.75) is 0 Å². The van der Waals surface area contributed by atoms with E-state index in [1.54, 1.807) is 0 Å². The number of benzene rings is 10. The van der Waals surface area contributed by atoms with Gasteiger partial charge in [0.25, 0.3) is 0 Å². The van der Waals surface area contributed by atoms with Gasteiger partial charge in [-0.05, 0) is 102 Å². The van der Waals surface area contributed by atoms with E-state index in [4.69, 9.17) is 4.42 Å². The number of fused-ring (bicyclic) bond motifs is 10. The van der Waals surface area contributed by atoms with Crippen molar-refractivity contribution >= 4 is 82.1 Å². The normalized spacial score (nSPS) is 11.7. The monoisotopic (exact) mass is 687 g/mol.